The van der Waals surface area contributed by atoms with Crippen molar-refractivity contribution in [3.8, 4) is 0 Å². The first-order chi connectivity index (χ1) is 12.1. The van der Waals surface area contributed by atoms with Crippen LogP contribution in [0.4, 0.5) is 17.6 Å². The summed E-state index contributed by atoms with van der Waals surface area (Å²) < 4.78 is 52.1. The van der Waals surface area contributed by atoms with Crippen molar-refractivity contribution in [2.24, 2.45) is 4.99 Å². The molecule has 0 saturated carbocycles. The standard InChI is InChI=1S/C18H28F4N4/c1-13(2)26(4)10-6-5-9-24-17(23-3)25-12-14-7-8-15(19)11-16(14)18(20,21)22/h7-8,11,13H,5-6,9-10,12H2,1-4H3,(H2,23,24,25). The Morgan fingerprint density at radius 3 is 2.46 bits per heavy atom. The third kappa shape index (κ3) is 7.59. The third-order valence-corrected chi connectivity index (χ3v) is 4.16. The Morgan fingerprint density at radius 2 is 1.88 bits per heavy atom. The molecule has 0 aliphatic rings. The van der Waals surface area contributed by atoms with Crippen molar-refractivity contribution in [2.75, 3.05) is 27.2 Å². The minimum atomic E-state index is -4.60. The molecule has 26 heavy (non-hydrogen) atoms. The van der Waals surface area contributed by atoms with Crippen LogP contribution in [0.3, 0.4) is 0 Å². The zero-order valence-corrected chi connectivity index (χ0v) is 15.8. The number of nitrogens with zero attached hydrogens (tertiary/aromatic N) is 2. The van der Waals surface area contributed by atoms with E-state index in [0.29, 0.717) is 24.6 Å². The first kappa shape index (κ1) is 22.2. The average molecular weight is 376 g/mol. The fourth-order valence-corrected chi connectivity index (χ4v) is 2.32. The molecule has 2 N–H and O–H groups in total. The van der Waals surface area contributed by atoms with Gasteiger partial charge in [-0.1, -0.05) is 6.07 Å². The molecule has 1 rings (SSSR count). The van der Waals surface area contributed by atoms with E-state index in [9.17, 15) is 17.6 Å². The van der Waals surface area contributed by atoms with Gasteiger partial charge in [0.05, 0.1) is 5.56 Å². The smallest absolute Gasteiger partial charge is 0.356 e. The number of benzene rings is 1. The minimum absolute atomic E-state index is 0.0274. The molecule has 8 heteroatoms. The summed E-state index contributed by atoms with van der Waals surface area (Å²) in [5.74, 6) is -0.491. The molecule has 0 heterocycles. The third-order valence-electron chi connectivity index (χ3n) is 4.16. The fraction of sp³-hybridized carbons (Fsp3) is 0.611. The molecule has 1 aromatic carbocycles. The Kier molecular flexibility index (Phi) is 8.84. The highest BCUT2D eigenvalue weighted by atomic mass is 19.4. The Labute approximate surface area is 152 Å². The van der Waals surface area contributed by atoms with Crippen LogP contribution in [-0.2, 0) is 12.7 Å². The summed E-state index contributed by atoms with van der Waals surface area (Å²) >= 11 is 0. The number of guanidine groups is 1. The van der Waals surface area contributed by atoms with Gasteiger partial charge in [0, 0.05) is 26.2 Å². The Bertz CT molecular complexity index is 585. The lowest BCUT2D eigenvalue weighted by Gasteiger charge is -2.20. The molecule has 1 aromatic rings. The van der Waals surface area contributed by atoms with E-state index in [1.54, 1.807) is 7.05 Å². The molecule has 0 spiro atoms. The second-order valence-electron chi connectivity index (χ2n) is 6.43. The maximum absolute atomic E-state index is 13.1. The van der Waals surface area contributed by atoms with Crippen molar-refractivity contribution in [3.05, 3.63) is 35.1 Å². The van der Waals surface area contributed by atoms with Crippen molar-refractivity contribution >= 4 is 5.96 Å². The summed E-state index contributed by atoms with van der Waals surface area (Å²) in [6.07, 6.45) is -2.67. The summed E-state index contributed by atoms with van der Waals surface area (Å²) in [5, 5.41) is 5.92. The van der Waals surface area contributed by atoms with E-state index in [1.165, 1.54) is 0 Å². The highest BCUT2D eigenvalue weighted by molar-refractivity contribution is 5.79. The lowest BCUT2D eigenvalue weighted by Crippen LogP contribution is -2.38. The second kappa shape index (κ2) is 10.4. The predicted octanol–water partition coefficient (Wildman–Crippen LogP) is 3.63. The van der Waals surface area contributed by atoms with Crippen LogP contribution >= 0.6 is 0 Å². The van der Waals surface area contributed by atoms with Crippen LogP contribution in [0.5, 0.6) is 0 Å². The Hall–Kier alpha value is -1.83. The molecular formula is C18H28F4N4. The van der Waals surface area contributed by atoms with E-state index in [0.717, 1.165) is 31.5 Å². The van der Waals surface area contributed by atoms with Crippen LogP contribution in [0.2, 0.25) is 0 Å². The number of nitrogens with one attached hydrogen (secondary N) is 2. The number of alkyl halides is 3. The van der Waals surface area contributed by atoms with Gasteiger partial charge in [-0.2, -0.15) is 13.2 Å². The summed E-state index contributed by atoms with van der Waals surface area (Å²) in [5.41, 5.74) is -1.00. The number of aliphatic imine (C=N–C) groups is 1. The molecular weight excluding hydrogens is 348 g/mol. The molecule has 0 aromatic heterocycles. The minimum Gasteiger partial charge on any atom is -0.356 e. The van der Waals surface area contributed by atoms with Crippen LogP contribution in [0, 0.1) is 5.82 Å². The van der Waals surface area contributed by atoms with Gasteiger partial charge >= 0.3 is 6.18 Å². The highest BCUT2D eigenvalue weighted by Gasteiger charge is 2.33. The number of hydrogen-bond donors (Lipinski definition) is 2. The molecule has 0 aliphatic carbocycles. The van der Waals surface area contributed by atoms with Crippen molar-refractivity contribution in [1.29, 1.82) is 0 Å². The summed E-state index contributed by atoms with van der Waals surface area (Å²) in [6, 6.07) is 3.17. The molecule has 0 unspecified atom stereocenters. The number of unbranched alkanes of at least 4 members (excludes halogenated alkanes) is 1. The van der Waals surface area contributed by atoms with Gasteiger partial charge < -0.3 is 15.5 Å². The molecule has 148 valence electrons. The zero-order valence-electron chi connectivity index (χ0n) is 15.8. The monoisotopic (exact) mass is 376 g/mol. The first-order valence-corrected chi connectivity index (χ1v) is 8.65. The van der Waals surface area contributed by atoms with E-state index in [-0.39, 0.29) is 12.1 Å². The summed E-state index contributed by atoms with van der Waals surface area (Å²) in [7, 11) is 3.62. The van der Waals surface area contributed by atoms with Crippen molar-refractivity contribution in [3.63, 3.8) is 0 Å². The zero-order chi connectivity index (χ0) is 19.7. The highest BCUT2D eigenvalue weighted by Crippen LogP contribution is 2.32. The predicted molar refractivity (Wildman–Crippen MR) is 96.6 cm³/mol. The van der Waals surface area contributed by atoms with Gasteiger partial charge in [0.15, 0.2) is 5.96 Å². The maximum atomic E-state index is 13.1. The fourth-order valence-electron chi connectivity index (χ4n) is 2.32. The molecule has 0 aliphatic heterocycles. The lowest BCUT2D eigenvalue weighted by atomic mass is 10.1. The topological polar surface area (TPSA) is 39.7 Å². The van der Waals surface area contributed by atoms with E-state index in [2.05, 4.69) is 41.4 Å². The lowest BCUT2D eigenvalue weighted by molar-refractivity contribution is -0.138. The number of hydrogen-bond acceptors (Lipinski definition) is 2. The first-order valence-electron chi connectivity index (χ1n) is 8.65. The Morgan fingerprint density at radius 1 is 1.19 bits per heavy atom. The normalized spacial score (nSPS) is 12.8. The van der Waals surface area contributed by atoms with Crippen LogP contribution in [0.1, 0.15) is 37.8 Å². The van der Waals surface area contributed by atoms with Gasteiger partial charge in [-0.3, -0.25) is 4.99 Å². The molecule has 0 radical (unpaired) electrons. The van der Waals surface area contributed by atoms with Gasteiger partial charge in [-0.15, -0.1) is 0 Å². The van der Waals surface area contributed by atoms with Gasteiger partial charge in [0.25, 0.3) is 0 Å². The van der Waals surface area contributed by atoms with E-state index in [4.69, 9.17) is 0 Å². The van der Waals surface area contributed by atoms with Crippen LogP contribution < -0.4 is 10.6 Å². The number of rotatable bonds is 8. The molecule has 4 nitrogen and oxygen atoms in total. The van der Waals surface area contributed by atoms with Crippen molar-refractivity contribution < 1.29 is 17.6 Å². The van der Waals surface area contributed by atoms with Gasteiger partial charge in [-0.25, -0.2) is 4.39 Å². The quantitative estimate of drug-likeness (QED) is 0.315. The average Bonchev–Trinajstić information content (AvgIpc) is 2.56. The molecule has 0 amide bonds. The van der Waals surface area contributed by atoms with E-state index >= 15 is 0 Å². The van der Waals surface area contributed by atoms with Crippen molar-refractivity contribution in [1.82, 2.24) is 15.5 Å². The van der Waals surface area contributed by atoms with Gasteiger partial charge in [0.1, 0.15) is 5.82 Å². The summed E-state index contributed by atoms with van der Waals surface area (Å²) in [6.45, 7) is 5.82. The molecule has 0 fully saturated rings. The van der Waals surface area contributed by atoms with Crippen LogP contribution in [0.25, 0.3) is 0 Å². The van der Waals surface area contributed by atoms with E-state index in [1.807, 2.05) is 0 Å². The second-order valence-corrected chi connectivity index (χ2v) is 6.43. The maximum Gasteiger partial charge on any atom is 0.416 e. The van der Waals surface area contributed by atoms with Crippen molar-refractivity contribution in [2.45, 2.75) is 45.5 Å². The molecule has 0 saturated heterocycles. The van der Waals surface area contributed by atoms with Crippen LogP contribution in [0.15, 0.2) is 23.2 Å². The SMILES string of the molecule is CN=C(NCCCCN(C)C(C)C)NCc1ccc(F)cc1C(F)(F)F. The van der Waals surface area contributed by atoms with Gasteiger partial charge in [0.2, 0.25) is 0 Å². The molecule has 0 atom stereocenters. The number of halogens is 4. The largest absolute Gasteiger partial charge is 0.416 e. The summed E-state index contributed by atoms with van der Waals surface area (Å²) in [4.78, 5) is 6.25. The molecule has 0 bridgehead atoms. The van der Waals surface area contributed by atoms with E-state index < -0.39 is 17.6 Å². The van der Waals surface area contributed by atoms with Crippen LogP contribution in [-0.4, -0.2) is 44.1 Å². The Balaban J connectivity index is 2.48. The van der Waals surface area contributed by atoms with Gasteiger partial charge in [-0.05, 0) is 58.0 Å².